The molecule has 1 aliphatic heterocycles. The van der Waals surface area contributed by atoms with Gasteiger partial charge in [-0.25, -0.2) is 13.2 Å². The van der Waals surface area contributed by atoms with E-state index in [1.165, 1.54) is 0 Å². The fourth-order valence-corrected chi connectivity index (χ4v) is 2.35. The van der Waals surface area contributed by atoms with Gasteiger partial charge in [0, 0.05) is 18.1 Å². The number of benzene rings is 2. The van der Waals surface area contributed by atoms with E-state index in [1.807, 2.05) is 12.1 Å². The standard InChI is InChI=1S/C15H11F3O2/c16-10-7-12(18)11(17)6-9(10)15(19)14-5-8-3-1-2-4-13(8)20-14/h1-4,6-7,14-15,19H,5H2. The largest absolute Gasteiger partial charge is 0.487 e. The van der Waals surface area contributed by atoms with E-state index >= 15 is 0 Å². The molecule has 0 saturated carbocycles. The molecule has 0 amide bonds. The van der Waals surface area contributed by atoms with E-state index in [0.717, 1.165) is 5.56 Å². The van der Waals surface area contributed by atoms with Gasteiger partial charge in [-0.2, -0.15) is 0 Å². The second kappa shape index (κ2) is 4.83. The molecule has 20 heavy (non-hydrogen) atoms. The number of halogens is 3. The van der Waals surface area contributed by atoms with Gasteiger partial charge in [-0.05, 0) is 17.7 Å². The molecule has 0 aliphatic carbocycles. The molecule has 0 radical (unpaired) electrons. The topological polar surface area (TPSA) is 29.5 Å². The van der Waals surface area contributed by atoms with Crippen LogP contribution in [0.3, 0.4) is 0 Å². The van der Waals surface area contributed by atoms with Crippen LogP contribution in [0.15, 0.2) is 36.4 Å². The summed E-state index contributed by atoms with van der Waals surface area (Å²) in [6, 6.07) is 8.28. The minimum Gasteiger partial charge on any atom is -0.487 e. The van der Waals surface area contributed by atoms with Gasteiger partial charge in [-0.1, -0.05) is 18.2 Å². The third kappa shape index (κ3) is 2.14. The van der Waals surface area contributed by atoms with E-state index in [-0.39, 0.29) is 5.56 Å². The summed E-state index contributed by atoms with van der Waals surface area (Å²) in [5.74, 6) is -2.86. The van der Waals surface area contributed by atoms with Gasteiger partial charge in [0.1, 0.15) is 23.8 Å². The molecule has 0 fully saturated rings. The molecule has 2 aromatic rings. The summed E-state index contributed by atoms with van der Waals surface area (Å²) in [5, 5.41) is 10.1. The maximum Gasteiger partial charge on any atom is 0.161 e. The smallest absolute Gasteiger partial charge is 0.161 e. The average Bonchev–Trinajstić information content (AvgIpc) is 2.86. The first kappa shape index (κ1) is 13.0. The summed E-state index contributed by atoms with van der Waals surface area (Å²) >= 11 is 0. The van der Waals surface area contributed by atoms with Gasteiger partial charge in [-0.3, -0.25) is 0 Å². The molecule has 2 atom stereocenters. The Morgan fingerprint density at radius 1 is 1.05 bits per heavy atom. The van der Waals surface area contributed by atoms with E-state index in [4.69, 9.17) is 4.74 Å². The highest BCUT2D eigenvalue weighted by molar-refractivity contribution is 5.38. The number of fused-ring (bicyclic) bond motifs is 1. The Bertz CT molecular complexity index is 633. The van der Waals surface area contributed by atoms with E-state index in [2.05, 4.69) is 0 Å². The van der Waals surface area contributed by atoms with Crippen molar-refractivity contribution in [3.63, 3.8) is 0 Å². The number of hydrogen-bond acceptors (Lipinski definition) is 2. The highest BCUT2D eigenvalue weighted by atomic mass is 19.2. The Morgan fingerprint density at radius 3 is 2.50 bits per heavy atom. The maximum absolute atomic E-state index is 13.6. The third-order valence-corrected chi connectivity index (χ3v) is 3.38. The molecule has 5 heteroatoms. The van der Waals surface area contributed by atoms with Gasteiger partial charge < -0.3 is 9.84 Å². The van der Waals surface area contributed by atoms with E-state index in [1.54, 1.807) is 12.1 Å². The fourth-order valence-electron chi connectivity index (χ4n) is 2.35. The van der Waals surface area contributed by atoms with Crippen LogP contribution in [0.5, 0.6) is 5.75 Å². The van der Waals surface area contributed by atoms with Crippen LogP contribution >= 0.6 is 0 Å². The number of aliphatic hydroxyl groups is 1. The van der Waals surface area contributed by atoms with Crippen LogP contribution < -0.4 is 4.74 Å². The normalized spacial score (nSPS) is 18.5. The molecule has 0 bridgehead atoms. The molecule has 1 aliphatic rings. The molecular weight excluding hydrogens is 269 g/mol. The lowest BCUT2D eigenvalue weighted by atomic mass is 9.99. The molecular formula is C15H11F3O2. The van der Waals surface area contributed by atoms with Crippen molar-refractivity contribution < 1.29 is 23.0 Å². The lowest BCUT2D eigenvalue weighted by Gasteiger charge is -2.19. The van der Waals surface area contributed by atoms with E-state index in [0.29, 0.717) is 24.3 Å². The van der Waals surface area contributed by atoms with Crippen molar-refractivity contribution in [2.75, 3.05) is 0 Å². The van der Waals surface area contributed by atoms with Gasteiger partial charge in [0.2, 0.25) is 0 Å². The highest BCUT2D eigenvalue weighted by Crippen LogP contribution is 2.35. The Morgan fingerprint density at radius 2 is 1.75 bits per heavy atom. The number of para-hydroxylation sites is 1. The third-order valence-electron chi connectivity index (χ3n) is 3.38. The van der Waals surface area contributed by atoms with Gasteiger partial charge in [0.05, 0.1) is 0 Å². The van der Waals surface area contributed by atoms with Crippen molar-refractivity contribution in [3.05, 3.63) is 65.0 Å². The average molecular weight is 280 g/mol. The van der Waals surface area contributed by atoms with Gasteiger partial charge >= 0.3 is 0 Å². The summed E-state index contributed by atoms with van der Waals surface area (Å²) in [5.41, 5.74) is 0.584. The predicted octanol–water partition coefficient (Wildman–Crippen LogP) is 3.14. The van der Waals surface area contributed by atoms with Crippen LogP contribution in [0.1, 0.15) is 17.2 Å². The van der Waals surface area contributed by atoms with E-state index in [9.17, 15) is 18.3 Å². The molecule has 104 valence electrons. The number of hydrogen-bond donors (Lipinski definition) is 1. The number of ether oxygens (including phenoxy) is 1. The lowest BCUT2D eigenvalue weighted by Crippen LogP contribution is -2.24. The van der Waals surface area contributed by atoms with Crippen molar-refractivity contribution in [2.45, 2.75) is 18.6 Å². The summed E-state index contributed by atoms with van der Waals surface area (Å²) in [4.78, 5) is 0. The Labute approximate surface area is 113 Å². The minimum atomic E-state index is -1.36. The van der Waals surface area contributed by atoms with Crippen LogP contribution in [0.4, 0.5) is 13.2 Å². The van der Waals surface area contributed by atoms with Crippen molar-refractivity contribution in [1.82, 2.24) is 0 Å². The quantitative estimate of drug-likeness (QED) is 0.856. The second-order valence-corrected chi connectivity index (χ2v) is 4.70. The lowest BCUT2D eigenvalue weighted by molar-refractivity contribution is 0.0464. The zero-order valence-electron chi connectivity index (χ0n) is 10.3. The van der Waals surface area contributed by atoms with Crippen LogP contribution in [0, 0.1) is 17.5 Å². The Hall–Kier alpha value is -2.01. The van der Waals surface area contributed by atoms with Gasteiger partial charge in [0.25, 0.3) is 0 Å². The van der Waals surface area contributed by atoms with Crippen molar-refractivity contribution >= 4 is 0 Å². The fraction of sp³-hybridized carbons (Fsp3) is 0.200. The molecule has 0 aromatic heterocycles. The summed E-state index contributed by atoms with van der Waals surface area (Å²) in [6.07, 6.45) is -1.69. The van der Waals surface area contributed by atoms with E-state index < -0.39 is 29.7 Å². The first-order valence-corrected chi connectivity index (χ1v) is 6.13. The summed E-state index contributed by atoms with van der Waals surface area (Å²) in [7, 11) is 0. The van der Waals surface area contributed by atoms with Gasteiger partial charge in [-0.15, -0.1) is 0 Å². The molecule has 2 unspecified atom stereocenters. The predicted molar refractivity (Wildman–Crippen MR) is 65.8 cm³/mol. The van der Waals surface area contributed by atoms with Gasteiger partial charge in [0.15, 0.2) is 11.6 Å². The summed E-state index contributed by atoms with van der Waals surface area (Å²) in [6.45, 7) is 0. The second-order valence-electron chi connectivity index (χ2n) is 4.70. The first-order valence-electron chi connectivity index (χ1n) is 6.13. The first-order chi connectivity index (χ1) is 9.56. The highest BCUT2D eigenvalue weighted by Gasteiger charge is 2.32. The van der Waals surface area contributed by atoms with Crippen LogP contribution in [0.25, 0.3) is 0 Å². The zero-order chi connectivity index (χ0) is 14.3. The molecule has 3 rings (SSSR count). The molecule has 1 heterocycles. The summed E-state index contributed by atoms with van der Waals surface area (Å²) < 4.78 is 45.2. The molecule has 2 nitrogen and oxygen atoms in total. The van der Waals surface area contributed by atoms with Crippen molar-refractivity contribution in [3.8, 4) is 5.75 Å². The molecule has 1 N–H and O–H groups in total. The molecule has 2 aromatic carbocycles. The van der Waals surface area contributed by atoms with Crippen LogP contribution in [-0.2, 0) is 6.42 Å². The number of rotatable bonds is 2. The van der Waals surface area contributed by atoms with Crippen molar-refractivity contribution in [2.24, 2.45) is 0 Å². The molecule has 0 saturated heterocycles. The van der Waals surface area contributed by atoms with Crippen LogP contribution in [0.2, 0.25) is 0 Å². The Kier molecular flexibility index (Phi) is 3.14. The molecule has 0 spiro atoms. The number of aliphatic hydroxyl groups excluding tert-OH is 1. The van der Waals surface area contributed by atoms with Crippen LogP contribution in [-0.4, -0.2) is 11.2 Å². The maximum atomic E-state index is 13.6. The minimum absolute atomic E-state index is 0.304. The SMILES string of the molecule is OC(c1cc(F)c(F)cc1F)C1Cc2ccccc2O1. The monoisotopic (exact) mass is 280 g/mol. The van der Waals surface area contributed by atoms with Crippen molar-refractivity contribution in [1.29, 1.82) is 0 Å². The Balaban J connectivity index is 1.88. The zero-order valence-corrected chi connectivity index (χ0v) is 10.3.